The Morgan fingerprint density at radius 1 is 1.23 bits per heavy atom. The van der Waals surface area contributed by atoms with Gasteiger partial charge < -0.3 is 24.3 Å². The van der Waals surface area contributed by atoms with E-state index in [0.717, 1.165) is 5.46 Å². The second-order valence-electron chi connectivity index (χ2n) is 10.3. The second kappa shape index (κ2) is 8.43. The smallest absolute Gasteiger partial charge is 0.444 e. The van der Waals surface area contributed by atoms with E-state index < -0.39 is 30.0 Å². The summed E-state index contributed by atoms with van der Waals surface area (Å²) < 4.78 is 17.4. The van der Waals surface area contributed by atoms with Gasteiger partial charge in [-0.2, -0.15) is 0 Å². The molecule has 0 aliphatic carbocycles. The molecule has 9 heteroatoms. The van der Waals surface area contributed by atoms with Crippen molar-refractivity contribution in [2.45, 2.75) is 84.2 Å². The molecule has 1 atom stereocenters. The van der Waals surface area contributed by atoms with Crippen LogP contribution in [0.1, 0.15) is 60.6 Å². The number of hydrogen-bond donors (Lipinski definition) is 1. The van der Waals surface area contributed by atoms with Crippen LogP contribution in [0.2, 0.25) is 0 Å². The molecule has 2 aliphatic rings. The maximum atomic E-state index is 12.7. The van der Waals surface area contributed by atoms with E-state index in [4.69, 9.17) is 14.0 Å². The molecule has 1 unspecified atom stereocenters. The van der Waals surface area contributed by atoms with Gasteiger partial charge in [-0.25, -0.2) is 4.79 Å². The highest BCUT2D eigenvalue weighted by atomic mass is 16.7. The third-order valence-corrected chi connectivity index (χ3v) is 5.97. The number of rotatable bonds is 4. The number of nitrogens with one attached hydrogen (secondary N) is 1. The lowest BCUT2D eigenvalue weighted by Crippen LogP contribution is -2.41. The van der Waals surface area contributed by atoms with Crippen LogP contribution in [-0.4, -0.2) is 64.9 Å². The van der Waals surface area contributed by atoms with Crippen molar-refractivity contribution in [1.29, 1.82) is 0 Å². The predicted octanol–water partition coefficient (Wildman–Crippen LogP) is 2.05. The Morgan fingerprint density at radius 3 is 2.42 bits per heavy atom. The van der Waals surface area contributed by atoms with Crippen molar-refractivity contribution in [2.75, 3.05) is 13.1 Å². The van der Waals surface area contributed by atoms with Crippen molar-refractivity contribution >= 4 is 24.6 Å². The van der Waals surface area contributed by atoms with Gasteiger partial charge in [0.1, 0.15) is 5.60 Å². The first-order chi connectivity index (χ1) is 14.3. The van der Waals surface area contributed by atoms with Gasteiger partial charge in [0.05, 0.1) is 23.7 Å². The van der Waals surface area contributed by atoms with Crippen LogP contribution in [0.15, 0.2) is 18.3 Å². The van der Waals surface area contributed by atoms with E-state index in [0.29, 0.717) is 25.2 Å². The van der Waals surface area contributed by atoms with Gasteiger partial charge >= 0.3 is 13.2 Å². The lowest BCUT2D eigenvalue weighted by atomic mass is 9.80. The number of nitrogens with zero attached hydrogens (tertiary/aromatic N) is 2. The number of aromatic nitrogens is 1. The van der Waals surface area contributed by atoms with Gasteiger partial charge in [-0.3, -0.25) is 9.78 Å². The minimum absolute atomic E-state index is 0.00984. The first-order valence-electron chi connectivity index (χ1n) is 10.8. The van der Waals surface area contributed by atoms with Gasteiger partial charge in [-0.15, -0.1) is 0 Å². The fourth-order valence-electron chi connectivity index (χ4n) is 3.50. The summed E-state index contributed by atoms with van der Waals surface area (Å²) in [4.78, 5) is 30.8. The molecule has 8 nitrogen and oxygen atoms in total. The Morgan fingerprint density at radius 2 is 1.87 bits per heavy atom. The topological polar surface area (TPSA) is 90.0 Å². The van der Waals surface area contributed by atoms with Gasteiger partial charge in [0, 0.05) is 30.4 Å². The molecule has 2 aliphatic heterocycles. The number of carbonyl (C=O) groups is 2. The fraction of sp³-hybridized carbons (Fsp3) is 0.682. The number of likely N-dealkylation sites (tertiary alicyclic amines) is 1. The predicted molar refractivity (Wildman–Crippen MR) is 118 cm³/mol. The molecular formula is C22H34BN3O5. The molecule has 0 spiro atoms. The lowest BCUT2D eigenvalue weighted by Gasteiger charge is -2.32. The summed E-state index contributed by atoms with van der Waals surface area (Å²) in [5.41, 5.74) is 0.153. The van der Waals surface area contributed by atoms with E-state index in [9.17, 15) is 9.59 Å². The maximum absolute atomic E-state index is 12.7. The summed E-state index contributed by atoms with van der Waals surface area (Å²) in [7, 11) is -0.472. The Balaban J connectivity index is 1.51. The van der Waals surface area contributed by atoms with Gasteiger partial charge in [-0.05, 0) is 61.0 Å². The molecular weight excluding hydrogens is 397 g/mol. The molecule has 3 rings (SSSR count). The van der Waals surface area contributed by atoms with Gasteiger partial charge in [-0.1, -0.05) is 6.07 Å². The lowest BCUT2D eigenvalue weighted by molar-refractivity contribution is -0.129. The first kappa shape index (κ1) is 23.5. The summed E-state index contributed by atoms with van der Waals surface area (Å²) >= 11 is 0. The van der Waals surface area contributed by atoms with E-state index >= 15 is 0 Å². The Labute approximate surface area is 185 Å². The molecule has 31 heavy (non-hydrogen) atoms. The number of pyridine rings is 1. The van der Waals surface area contributed by atoms with Crippen molar-refractivity contribution in [3.8, 4) is 0 Å². The van der Waals surface area contributed by atoms with Gasteiger partial charge in [0.15, 0.2) is 0 Å². The van der Waals surface area contributed by atoms with E-state index in [1.165, 1.54) is 0 Å². The summed E-state index contributed by atoms with van der Waals surface area (Å²) in [5, 5.41) is 2.84. The SMILES string of the molecule is CC(C)(C)OC(=O)NC1CCN(C(=O)Cc2ccc(B3OC(C)(C)C(C)(C)O3)cn2)C1. The maximum Gasteiger partial charge on any atom is 0.496 e. The quantitative estimate of drug-likeness (QED) is 0.734. The molecule has 0 radical (unpaired) electrons. The average molecular weight is 431 g/mol. The number of ether oxygens (including phenoxy) is 1. The zero-order valence-electron chi connectivity index (χ0n) is 19.7. The zero-order valence-corrected chi connectivity index (χ0v) is 19.7. The third-order valence-electron chi connectivity index (χ3n) is 5.97. The molecule has 1 N–H and O–H groups in total. The molecule has 2 saturated heterocycles. The average Bonchev–Trinajstić information content (AvgIpc) is 3.16. The van der Waals surface area contributed by atoms with Crippen LogP contribution >= 0.6 is 0 Å². The molecule has 2 amide bonds. The third kappa shape index (κ3) is 5.77. The molecule has 1 aromatic rings. The van der Waals surface area contributed by atoms with Crippen molar-refractivity contribution in [3.05, 3.63) is 24.0 Å². The van der Waals surface area contributed by atoms with Crippen LogP contribution in [0.4, 0.5) is 4.79 Å². The van der Waals surface area contributed by atoms with Crippen LogP contribution in [0.5, 0.6) is 0 Å². The fourth-order valence-corrected chi connectivity index (χ4v) is 3.50. The molecule has 3 heterocycles. The van der Waals surface area contributed by atoms with Crippen molar-refractivity contribution in [2.24, 2.45) is 0 Å². The Hall–Kier alpha value is -2.13. The number of hydrogen-bond acceptors (Lipinski definition) is 6. The van der Waals surface area contributed by atoms with Crippen LogP contribution in [0, 0.1) is 0 Å². The van der Waals surface area contributed by atoms with Gasteiger partial charge in [0.2, 0.25) is 5.91 Å². The number of carbonyl (C=O) groups excluding carboxylic acids is 2. The minimum atomic E-state index is -0.546. The van der Waals surface area contributed by atoms with E-state index in [1.807, 2.05) is 60.6 Å². The standard InChI is InChI=1S/C22H34BN3O5/c1-20(2,3)29-19(28)25-17-10-11-26(14-17)18(27)12-16-9-8-15(13-24-16)23-30-21(4,5)22(6,7)31-23/h8-9,13,17H,10-12,14H2,1-7H3,(H,25,28). The van der Waals surface area contributed by atoms with E-state index in [-0.39, 0.29) is 18.4 Å². The monoisotopic (exact) mass is 431 g/mol. The second-order valence-corrected chi connectivity index (χ2v) is 10.3. The largest absolute Gasteiger partial charge is 0.496 e. The van der Waals surface area contributed by atoms with E-state index in [2.05, 4.69) is 10.3 Å². The van der Waals surface area contributed by atoms with Crippen LogP contribution < -0.4 is 10.8 Å². The normalized spacial score (nSPS) is 22.5. The highest BCUT2D eigenvalue weighted by Gasteiger charge is 2.51. The molecule has 2 fully saturated rings. The molecule has 0 aromatic carbocycles. The summed E-state index contributed by atoms with van der Waals surface area (Å²) in [6.45, 7) is 14.6. The van der Waals surface area contributed by atoms with Crippen molar-refractivity contribution < 1.29 is 23.6 Å². The Kier molecular flexibility index (Phi) is 6.40. The molecule has 170 valence electrons. The van der Waals surface area contributed by atoms with Crippen LogP contribution in [0.25, 0.3) is 0 Å². The number of alkyl carbamates (subject to hydrolysis) is 1. The van der Waals surface area contributed by atoms with Crippen LogP contribution in [-0.2, 0) is 25.3 Å². The summed E-state index contributed by atoms with van der Waals surface area (Å²) in [6, 6.07) is 3.64. The molecule has 0 bridgehead atoms. The van der Waals surface area contributed by atoms with Crippen molar-refractivity contribution in [3.63, 3.8) is 0 Å². The van der Waals surface area contributed by atoms with Gasteiger partial charge in [0.25, 0.3) is 0 Å². The summed E-state index contributed by atoms with van der Waals surface area (Å²) in [6.07, 6.45) is 2.18. The summed E-state index contributed by atoms with van der Waals surface area (Å²) in [5.74, 6) is -0.00984. The molecule has 1 aromatic heterocycles. The van der Waals surface area contributed by atoms with E-state index in [1.54, 1.807) is 11.1 Å². The highest BCUT2D eigenvalue weighted by Crippen LogP contribution is 2.36. The minimum Gasteiger partial charge on any atom is -0.444 e. The highest BCUT2D eigenvalue weighted by molar-refractivity contribution is 6.62. The van der Waals surface area contributed by atoms with Crippen LogP contribution in [0.3, 0.4) is 0 Å². The zero-order chi connectivity index (χ0) is 23.0. The van der Waals surface area contributed by atoms with Crippen molar-refractivity contribution in [1.82, 2.24) is 15.2 Å². The molecule has 0 saturated carbocycles. The first-order valence-corrected chi connectivity index (χ1v) is 10.8. The Bertz CT molecular complexity index is 803. The number of amides is 2.